The highest BCUT2D eigenvalue weighted by atomic mass is 16.2. The molecule has 0 aliphatic carbocycles. The van der Waals surface area contributed by atoms with E-state index in [1.165, 1.54) is 25.7 Å². The molecule has 0 bridgehead atoms. The lowest BCUT2D eigenvalue weighted by Gasteiger charge is -2.30. The van der Waals surface area contributed by atoms with E-state index >= 15 is 0 Å². The van der Waals surface area contributed by atoms with Gasteiger partial charge in [0.2, 0.25) is 0 Å². The van der Waals surface area contributed by atoms with Crippen LogP contribution in [0.5, 0.6) is 0 Å². The lowest BCUT2D eigenvalue weighted by molar-refractivity contribution is 0.202. The molecule has 0 aromatic heterocycles. The van der Waals surface area contributed by atoms with E-state index in [9.17, 15) is 0 Å². The maximum Gasteiger partial charge on any atom is 0.0431 e. The van der Waals surface area contributed by atoms with E-state index in [4.69, 9.17) is 5.11 Å². The summed E-state index contributed by atoms with van der Waals surface area (Å²) in [5.41, 5.74) is 0.485. The van der Waals surface area contributed by atoms with Crippen LogP contribution in [0.1, 0.15) is 59.8 Å². The third-order valence-electron chi connectivity index (χ3n) is 3.54. The van der Waals surface area contributed by atoms with Gasteiger partial charge in [-0.15, -0.1) is 0 Å². The van der Waals surface area contributed by atoms with Gasteiger partial charge in [0.05, 0.1) is 0 Å². The van der Waals surface area contributed by atoms with Gasteiger partial charge < -0.3 is 5.11 Å². The molecule has 0 aromatic rings. The summed E-state index contributed by atoms with van der Waals surface area (Å²) in [7, 11) is 0. The highest BCUT2D eigenvalue weighted by Crippen LogP contribution is 2.33. The lowest BCUT2D eigenvalue weighted by Crippen LogP contribution is -2.20. The third kappa shape index (κ3) is 5.30. The summed E-state index contributed by atoms with van der Waals surface area (Å²) < 4.78 is 0. The Hall–Kier alpha value is -0.0400. The second kappa shape index (κ2) is 6.42. The number of aliphatic hydroxyl groups is 1. The Kier molecular flexibility index (Phi) is 6.40. The first-order chi connectivity index (χ1) is 6.04. The molecule has 1 unspecified atom stereocenters. The van der Waals surface area contributed by atoms with E-state index in [0.717, 1.165) is 12.3 Å². The topological polar surface area (TPSA) is 20.2 Å². The van der Waals surface area contributed by atoms with Crippen LogP contribution in [0.2, 0.25) is 0 Å². The maximum absolute atomic E-state index is 8.64. The van der Waals surface area contributed by atoms with Crippen LogP contribution in [0.15, 0.2) is 0 Å². The standard InChI is InChI=1S/C12H26O/c1-5-12(3,4)11(2)9-7-6-8-10-13/h11,13H,5-10H2,1-4H3. The van der Waals surface area contributed by atoms with Gasteiger partial charge in [0.15, 0.2) is 0 Å². The highest BCUT2D eigenvalue weighted by Gasteiger charge is 2.22. The van der Waals surface area contributed by atoms with Gasteiger partial charge in [-0.2, -0.15) is 0 Å². The molecule has 0 amide bonds. The molecule has 0 fully saturated rings. The minimum Gasteiger partial charge on any atom is -0.396 e. The summed E-state index contributed by atoms with van der Waals surface area (Å²) in [6.45, 7) is 9.67. The van der Waals surface area contributed by atoms with Crippen LogP contribution in [0, 0.1) is 11.3 Å². The summed E-state index contributed by atoms with van der Waals surface area (Å²) in [6.07, 6.45) is 5.99. The molecule has 13 heavy (non-hydrogen) atoms. The average Bonchev–Trinajstić information content (AvgIpc) is 2.12. The van der Waals surface area contributed by atoms with Gasteiger partial charge in [-0.05, 0) is 17.8 Å². The Balaban J connectivity index is 3.55. The van der Waals surface area contributed by atoms with E-state index in [0.29, 0.717) is 12.0 Å². The first kappa shape index (κ1) is 13.0. The fraction of sp³-hybridized carbons (Fsp3) is 1.00. The molecule has 0 spiro atoms. The van der Waals surface area contributed by atoms with Crippen molar-refractivity contribution in [2.75, 3.05) is 6.61 Å². The molecule has 0 saturated carbocycles. The van der Waals surface area contributed by atoms with Crippen LogP contribution >= 0.6 is 0 Å². The Morgan fingerprint density at radius 1 is 1.15 bits per heavy atom. The van der Waals surface area contributed by atoms with Gasteiger partial charge in [-0.25, -0.2) is 0 Å². The zero-order valence-electron chi connectivity index (χ0n) is 9.77. The van der Waals surface area contributed by atoms with Gasteiger partial charge >= 0.3 is 0 Å². The van der Waals surface area contributed by atoms with Crippen molar-refractivity contribution in [3.8, 4) is 0 Å². The minimum absolute atomic E-state index is 0.353. The SMILES string of the molecule is CCC(C)(C)C(C)CCCCCO. The zero-order chi connectivity index (χ0) is 10.3. The summed E-state index contributed by atoms with van der Waals surface area (Å²) in [5, 5.41) is 8.64. The van der Waals surface area contributed by atoms with Crippen molar-refractivity contribution in [1.29, 1.82) is 0 Å². The smallest absolute Gasteiger partial charge is 0.0431 e. The summed E-state index contributed by atoms with van der Waals surface area (Å²) in [6, 6.07) is 0. The summed E-state index contributed by atoms with van der Waals surface area (Å²) in [5.74, 6) is 0.802. The second-order valence-corrected chi connectivity index (χ2v) is 4.82. The van der Waals surface area contributed by atoms with Crippen LogP contribution in [0.25, 0.3) is 0 Å². The van der Waals surface area contributed by atoms with Gasteiger partial charge in [-0.3, -0.25) is 0 Å². The average molecular weight is 186 g/mol. The predicted molar refractivity (Wildman–Crippen MR) is 58.8 cm³/mol. The molecule has 1 heteroatoms. The van der Waals surface area contributed by atoms with Crippen LogP contribution in [-0.2, 0) is 0 Å². The molecule has 0 radical (unpaired) electrons. The normalized spacial score (nSPS) is 14.5. The van der Waals surface area contributed by atoms with Crippen LogP contribution in [0.4, 0.5) is 0 Å². The Bertz CT molecular complexity index is 118. The number of hydrogen-bond acceptors (Lipinski definition) is 1. The van der Waals surface area contributed by atoms with Crippen molar-refractivity contribution < 1.29 is 5.11 Å². The van der Waals surface area contributed by atoms with Crippen molar-refractivity contribution >= 4 is 0 Å². The van der Waals surface area contributed by atoms with Gasteiger partial charge in [0.1, 0.15) is 0 Å². The maximum atomic E-state index is 8.64. The van der Waals surface area contributed by atoms with Crippen molar-refractivity contribution in [2.24, 2.45) is 11.3 Å². The van der Waals surface area contributed by atoms with Crippen LogP contribution in [-0.4, -0.2) is 11.7 Å². The lowest BCUT2D eigenvalue weighted by atomic mass is 9.75. The first-order valence-electron chi connectivity index (χ1n) is 5.65. The van der Waals surface area contributed by atoms with Crippen molar-refractivity contribution in [1.82, 2.24) is 0 Å². The van der Waals surface area contributed by atoms with Gasteiger partial charge in [0.25, 0.3) is 0 Å². The first-order valence-corrected chi connectivity index (χ1v) is 5.65. The number of unbranched alkanes of at least 4 members (excludes halogenated alkanes) is 2. The monoisotopic (exact) mass is 186 g/mol. The molecule has 1 atom stereocenters. The zero-order valence-corrected chi connectivity index (χ0v) is 9.77. The molecular formula is C12H26O. The molecule has 1 nitrogen and oxygen atoms in total. The number of hydrogen-bond donors (Lipinski definition) is 1. The fourth-order valence-corrected chi connectivity index (χ4v) is 1.48. The molecule has 80 valence electrons. The number of rotatable bonds is 7. The van der Waals surface area contributed by atoms with Crippen molar-refractivity contribution in [3.05, 3.63) is 0 Å². The van der Waals surface area contributed by atoms with E-state index in [1.807, 2.05) is 0 Å². The Labute approximate surface area is 83.5 Å². The minimum atomic E-state index is 0.353. The molecule has 0 rings (SSSR count). The Morgan fingerprint density at radius 3 is 2.23 bits per heavy atom. The van der Waals surface area contributed by atoms with Crippen LogP contribution < -0.4 is 0 Å². The van der Waals surface area contributed by atoms with E-state index in [2.05, 4.69) is 27.7 Å². The van der Waals surface area contributed by atoms with E-state index in [1.54, 1.807) is 0 Å². The molecule has 0 aromatic carbocycles. The largest absolute Gasteiger partial charge is 0.396 e. The number of aliphatic hydroxyl groups excluding tert-OH is 1. The van der Waals surface area contributed by atoms with Crippen molar-refractivity contribution in [3.63, 3.8) is 0 Å². The molecule has 0 saturated heterocycles. The van der Waals surface area contributed by atoms with Gasteiger partial charge in [0, 0.05) is 6.61 Å². The summed E-state index contributed by atoms with van der Waals surface area (Å²) in [4.78, 5) is 0. The quantitative estimate of drug-likeness (QED) is 0.602. The Morgan fingerprint density at radius 2 is 1.77 bits per heavy atom. The fourth-order valence-electron chi connectivity index (χ4n) is 1.48. The second-order valence-electron chi connectivity index (χ2n) is 4.82. The highest BCUT2D eigenvalue weighted by molar-refractivity contribution is 4.73. The molecule has 1 N–H and O–H groups in total. The summed E-state index contributed by atoms with van der Waals surface area (Å²) >= 11 is 0. The molecule has 0 heterocycles. The third-order valence-corrected chi connectivity index (χ3v) is 3.54. The van der Waals surface area contributed by atoms with Crippen molar-refractivity contribution in [2.45, 2.75) is 59.8 Å². The van der Waals surface area contributed by atoms with Crippen LogP contribution in [0.3, 0.4) is 0 Å². The van der Waals surface area contributed by atoms with Gasteiger partial charge in [-0.1, -0.05) is 53.4 Å². The molecule has 0 aliphatic heterocycles. The van der Waals surface area contributed by atoms with E-state index < -0.39 is 0 Å². The predicted octanol–water partition coefficient (Wildman–Crippen LogP) is 3.61. The van der Waals surface area contributed by atoms with E-state index in [-0.39, 0.29) is 0 Å². The molecular weight excluding hydrogens is 160 g/mol. The molecule has 0 aliphatic rings.